The number of hydrogen-bond acceptors (Lipinski definition) is 3. The molecule has 1 aliphatic rings. The van der Waals surface area contributed by atoms with Gasteiger partial charge >= 0.3 is 11.9 Å². The minimum atomic E-state index is -0.579. The van der Waals surface area contributed by atoms with Crippen LogP contribution in [0.1, 0.15) is 0 Å². The van der Waals surface area contributed by atoms with Gasteiger partial charge in [-0.15, -0.1) is 23.2 Å². The first-order chi connectivity index (χ1) is 5.20. The topological polar surface area (TPSA) is 43.4 Å². The van der Waals surface area contributed by atoms with Crippen molar-refractivity contribution in [3.8, 4) is 0 Å². The van der Waals surface area contributed by atoms with Crippen molar-refractivity contribution in [1.29, 1.82) is 0 Å². The number of carbonyl (C=O) groups is 2. The highest BCUT2D eigenvalue weighted by Crippen LogP contribution is 1.92. The Morgan fingerprint density at radius 1 is 1.09 bits per heavy atom. The largest absolute Gasteiger partial charge is 0.387 e. The molecule has 0 atom stereocenters. The lowest BCUT2D eigenvalue weighted by molar-refractivity contribution is -0.150. The Hall–Kier alpha value is -0.540. The van der Waals surface area contributed by atoms with Gasteiger partial charge in [0, 0.05) is 23.9 Å². The molecule has 0 spiro atoms. The van der Waals surface area contributed by atoms with Crippen LogP contribution in [0.4, 0.5) is 0 Å². The molecule has 0 N–H and O–H groups in total. The highest BCUT2D eigenvalue weighted by molar-refractivity contribution is 6.25. The first-order valence-electron chi connectivity index (χ1n) is 2.76. The molecule has 1 rings (SSSR count). The van der Waals surface area contributed by atoms with Gasteiger partial charge < -0.3 is 4.74 Å². The van der Waals surface area contributed by atoms with E-state index in [1.165, 1.54) is 0 Å². The number of rotatable bonds is 1. The van der Waals surface area contributed by atoms with Crippen LogP contribution in [0.25, 0.3) is 0 Å². The van der Waals surface area contributed by atoms with E-state index >= 15 is 0 Å². The van der Waals surface area contributed by atoms with Crippen molar-refractivity contribution in [2.45, 2.75) is 0 Å². The van der Waals surface area contributed by atoms with E-state index in [1.54, 1.807) is 0 Å². The molecule has 0 bridgehead atoms. The van der Waals surface area contributed by atoms with Gasteiger partial charge in [-0.25, -0.2) is 9.59 Å². The minimum absolute atomic E-state index is 0.557. The lowest BCUT2D eigenvalue weighted by Gasteiger charge is -1.80. The van der Waals surface area contributed by atoms with Crippen LogP contribution in [0.5, 0.6) is 0 Å². The molecule has 1 heterocycles. The van der Waals surface area contributed by atoms with E-state index in [2.05, 4.69) is 4.74 Å². The molecular weight excluding hydrogens is 191 g/mol. The number of ether oxygens (including phenoxy) is 1. The predicted octanol–water partition coefficient (Wildman–Crippen LogP) is 1.09. The second kappa shape index (κ2) is 6.19. The molecule has 0 saturated carbocycles. The molecule has 1 aliphatic heterocycles. The maximum absolute atomic E-state index is 9.92. The molecule has 0 unspecified atom stereocenters. The summed E-state index contributed by atoms with van der Waals surface area (Å²) in [5, 5.41) is 0. The lowest BCUT2D eigenvalue weighted by atomic mass is 10.6. The maximum atomic E-state index is 9.92. The summed E-state index contributed by atoms with van der Waals surface area (Å²) in [7, 11) is 0. The molecule has 62 valence electrons. The van der Waals surface area contributed by atoms with Crippen LogP contribution in [0, 0.1) is 0 Å². The smallest absolute Gasteiger partial charge is 0.338 e. The van der Waals surface area contributed by atoms with Crippen LogP contribution in [0.3, 0.4) is 0 Å². The zero-order valence-electron chi connectivity index (χ0n) is 5.55. The van der Waals surface area contributed by atoms with E-state index in [4.69, 9.17) is 23.2 Å². The molecule has 0 radical (unpaired) electrons. The number of esters is 2. The maximum Gasteiger partial charge on any atom is 0.338 e. The van der Waals surface area contributed by atoms with Crippen molar-refractivity contribution in [3.05, 3.63) is 12.2 Å². The van der Waals surface area contributed by atoms with Gasteiger partial charge in [0.05, 0.1) is 0 Å². The summed E-state index contributed by atoms with van der Waals surface area (Å²) < 4.78 is 3.97. The third-order valence-corrected chi connectivity index (χ3v) is 1.20. The highest BCUT2D eigenvalue weighted by Gasteiger charge is 2.10. The van der Waals surface area contributed by atoms with Gasteiger partial charge in [0.1, 0.15) is 0 Å². The fraction of sp³-hybridized carbons (Fsp3) is 0.333. The van der Waals surface area contributed by atoms with Crippen LogP contribution >= 0.6 is 23.2 Å². The van der Waals surface area contributed by atoms with Crippen LogP contribution in [-0.2, 0) is 14.3 Å². The van der Waals surface area contributed by atoms with Crippen molar-refractivity contribution in [3.63, 3.8) is 0 Å². The second-order valence-corrected chi connectivity index (χ2v) is 2.21. The number of halogens is 2. The SMILES string of the molecule is ClCCCl.O=C1C=CC(=O)O1. The number of alkyl halides is 2. The van der Waals surface area contributed by atoms with Crippen LogP contribution in [0.15, 0.2) is 12.2 Å². The van der Waals surface area contributed by atoms with Crippen molar-refractivity contribution in [2.75, 3.05) is 11.8 Å². The fourth-order valence-corrected chi connectivity index (χ4v) is 0.303. The molecule has 0 saturated heterocycles. The summed E-state index contributed by atoms with van der Waals surface area (Å²) in [6.07, 6.45) is 2.17. The van der Waals surface area contributed by atoms with Gasteiger partial charge in [0.2, 0.25) is 0 Å². The molecule has 0 fully saturated rings. The first-order valence-corrected chi connectivity index (χ1v) is 3.83. The van der Waals surface area contributed by atoms with Crippen molar-refractivity contribution < 1.29 is 14.3 Å². The van der Waals surface area contributed by atoms with Gasteiger partial charge in [-0.3, -0.25) is 0 Å². The average Bonchev–Trinajstić information content (AvgIpc) is 2.35. The Kier molecular flexibility index (Phi) is 5.88. The zero-order valence-corrected chi connectivity index (χ0v) is 7.06. The third kappa shape index (κ3) is 5.88. The van der Waals surface area contributed by atoms with Crippen LogP contribution in [-0.4, -0.2) is 23.7 Å². The third-order valence-electron chi connectivity index (χ3n) is 0.628. The van der Waals surface area contributed by atoms with Gasteiger partial charge in [-0.2, -0.15) is 0 Å². The summed E-state index contributed by atoms with van der Waals surface area (Å²) in [6, 6.07) is 0. The Labute approximate surface area is 73.9 Å². The lowest BCUT2D eigenvalue weighted by Crippen LogP contribution is -1.96. The van der Waals surface area contributed by atoms with Crippen molar-refractivity contribution in [1.82, 2.24) is 0 Å². The molecule has 0 aromatic carbocycles. The molecule has 0 aromatic rings. The van der Waals surface area contributed by atoms with Crippen molar-refractivity contribution >= 4 is 35.1 Å². The quantitative estimate of drug-likeness (QED) is 0.359. The van der Waals surface area contributed by atoms with E-state index in [9.17, 15) is 9.59 Å². The summed E-state index contributed by atoms with van der Waals surface area (Å²) >= 11 is 10.1. The van der Waals surface area contributed by atoms with E-state index in [-0.39, 0.29) is 0 Å². The molecular formula is C6H6Cl2O3. The van der Waals surface area contributed by atoms with Gasteiger partial charge in [0.15, 0.2) is 0 Å². The monoisotopic (exact) mass is 196 g/mol. The zero-order chi connectivity index (χ0) is 8.69. The molecule has 0 aliphatic carbocycles. The Bertz CT molecular complexity index is 159. The normalized spacial score (nSPS) is 14.0. The Morgan fingerprint density at radius 2 is 1.45 bits per heavy atom. The summed E-state index contributed by atoms with van der Waals surface area (Å²) in [5.41, 5.74) is 0. The second-order valence-electron chi connectivity index (χ2n) is 1.45. The number of hydrogen-bond donors (Lipinski definition) is 0. The summed E-state index contributed by atoms with van der Waals surface area (Å²) in [5.74, 6) is -0.0432. The van der Waals surface area contributed by atoms with Gasteiger partial charge in [0.25, 0.3) is 0 Å². The summed E-state index contributed by atoms with van der Waals surface area (Å²) in [6.45, 7) is 0. The number of carbonyl (C=O) groups excluding carboxylic acids is 2. The average molecular weight is 197 g/mol. The van der Waals surface area contributed by atoms with Crippen LogP contribution in [0.2, 0.25) is 0 Å². The Morgan fingerprint density at radius 3 is 1.55 bits per heavy atom. The molecule has 11 heavy (non-hydrogen) atoms. The molecule has 3 nitrogen and oxygen atoms in total. The molecule has 0 amide bonds. The number of cyclic esters (lactones) is 2. The van der Waals surface area contributed by atoms with E-state index in [0.717, 1.165) is 12.2 Å². The van der Waals surface area contributed by atoms with E-state index < -0.39 is 11.9 Å². The molecule has 0 aromatic heterocycles. The van der Waals surface area contributed by atoms with Crippen LogP contribution < -0.4 is 0 Å². The predicted molar refractivity (Wildman–Crippen MR) is 41.7 cm³/mol. The Balaban J connectivity index is 0.000000218. The first kappa shape index (κ1) is 10.5. The standard InChI is InChI=1S/C4H2O3.C2H4Cl2/c5-3-1-2-4(6)7-3;3-1-2-4/h1-2H;1-2H2. The highest BCUT2D eigenvalue weighted by atomic mass is 35.5. The van der Waals surface area contributed by atoms with Crippen molar-refractivity contribution in [2.24, 2.45) is 0 Å². The molecule has 5 heteroatoms. The van der Waals surface area contributed by atoms with Gasteiger partial charge in [-0.05, 0) is 0 Å². The van der Waals surface area contributed by atoms with Gasteiger partial charge in [-0.1, -0.05) is 0 Å². The van der Waals surface area contributed by atoms with E-state index in [0.29, 0.717) is 11.8 Å². The summed E-state index contributed by atoms with van der Waals surface area (Å²) in [4.78, 5) is 19.8. The van der Waals surface area contributed by atoms with E-state index in [1.807, 2.05) is 0 Å². The fourth-order valence-electron chi connectivity index (χ4n) is 0.303. The minimum Gasteiger partial charge on any atom is -0.387 e.